The van der Waals surface area contributed by atoms with Crippen LogP contribution in [0.25, 0.3) is 11.0 Å². The van der Waals surface area contributed by atoms with Crippen molar-refractivity contribution < 1.29 is 9.53 Å². The van der Waals surface area contributed by atoms with Crippen LogP contribution in [0.3, 0.4) is 0 Å². The fourth-order valence-corrected chi connectivity index (χ4v) is 2.97. The Kier molecular flexibility index (Phi) is 5.11. The van der Waals surface area contributed by atoms with Gasteiger partial charge in [-0.1, -0.05) is 0 Å². The molecule has 142 valence electrons. The Balaban J connectivity index is 1.78. The van der Waals surface area contributed by atoms with Crippen LogP contribution in [0.5, 0.6) is 5.75 Å². The molecule has 1 aromatic carbocycles. The number of fused-ring (bicyclic) bond motifs is 1. The molecule has 2 heterocycles. The van der Waals surface area contributed by atoms with Gasteiger partial charge in [-0.2, -0.15) is 0 Å². The number of aromatic nitrogens is 4. The van der Waals surface area contributed by atoms with E-state index in [0.29, 0.717) is 23.4 Å². The van der Waals surface area contributed by atoms with Crippen molar-refractivity contribution in [1.82, 2.24) is 24.4 Å². The third kappa shape index (κ3) is 3.76. The normalized spacial score (nSPS) is 12.0. The van der Waals surface area contributed by atoms with Crippen LogP contribution in [-0.4, -0.2) is 38.3 Å². The molecule has 0 radical (unpaired) electrons. The van der Waals surface area contributed by atoms with Crippen LogP contribution in [0, 0.1) is 0 Å². The smallest absolute Gasteiger partial charge is 0.328 e. The lowest BCUT2D eigenvalue weighted by Crippen LogP contribution is -2.37. The summed E-state index contributed by atoms with van der Waals surface area (Å²) in [5.41, 5.74) is 2.55. The Morgan fingerprint density at radius 1 is 1.22 bits per heavy atom. The maximum atomic E-state index is 12.4. The zero-order chi connectivity index (χ0) is 19.6. The summed E-state index contributed by atoms with van der Waals surface area (Å²) in [6.07, 6.45) is 5.45. The van der Waals surface area contributed by atoms with Crippen LogP contribution in [0.15, 0.2) is 35.5 Å². The molecule has 3 rings (SSSR count). The van der Waals surface area contributed by atoms with E-state index in [1.165, 1.54) is 16.2 Å². The molecule has 1 atom stereocenters. The van der Waals surface area contributed by atoms with E-state index in [4.69, 9.17) is 4.74 Å². The third-order valence-electron chi connectivity index (χ3n) is 4.35. The average molecular weight is 370 g/mol. The minimum Gasteiger partial charge on any atom is -0.494 e. The number of hydrogen-bond acceptors (Lipinski definition) is 5. The third-order valence-corrected chi connectivity index (χ3v) is 4.35. The number of nitrogens with zero attached hydrogens (tertiary/aromatic N) is 4. The van der Waals surface area contributed by atoms with Gasteiger partial charge in [0.2, 0.25) is 0 Å². The first kappa shape index (κ1) is 18.4. The van der Waals surface area contributed by atoms with Crippen molar-refractivity contribution in [2.24, 2.45) is 14.1 Å². The molecular formula is C18H22N6O3. The first-order chi connectivity index (χ1) is 12.9. The van der Waals surface area contributed by atoms with Crippen molar-refractivity contribution >= 4 is 22.8 Å². The van der Waals surface area contributed by atoms with Crippen molar-refractivity contribution in [3.63, 3.8) is 0 Å². The molecule has 2 aromatic heterocycles. The van der Waals surface area contributed by atoms with Gasteiger partial charge in [-0.15, -0.1) is 0 Å². The van der Waals surface area contributed by atoms with Gasteiger partial charge in [0.1, 0.15) is 5.75 Å². The molecule has 0 saturated heterocycles. The summed E-state index contributed by atoms with van der Waals surface area (Å²) in [7, 11) is 4.89. The summed E-state index contributed by atoms with van der Waals surface area (Å²) in [6.45, 7) is 1.88. The molecule has 2 amide bonds. The lowest BCUT2D eigenvalue weighted by molar-refractivity contribution is 0.249. The molecule has 0 aliphatic carbocycles. The van der Waals surface area contributed by atoms with Crippen LogP contribution in [0.1, 0.15) is 12.6 Å². The highest BCUT2D eigenvalue weighted by atomic mass is 16.5. The number of benzene rings is 1. The second-order valence-electron chi connectivity index (χ2n) is 6.34. The summed E-state index contributed by atoms with van der Waals surface area (Å²) < 4.78 is 8.43. The van der Waals surface area contributed by atoms with Crippen molar-refractivity contribution in [3.8, 4) is 5.75 Å². The molecule has 0 saturated carbocycles. The number of carbonyl (C=O) groups excluding carboxylic acids is 1. The number of rotatable bonds is 5. The van der Waals surface area contributed by atoms with Gasteiger partial charge >= 0.3 is 11.7 Å². The Bertz CT molecular complexity index is 1020. The van der Waals surface area contributed by atoms with E-state index in [1.54, 1.807) is 44.8 Å². The van der Waals surface area contributed by atoms with Gasteiger partial charge in [0.25, 0.3) is 0 Å². The predicted octanol–water partition coefficient (Wildman–Crippen LogP) is 1.43. The first-order valence-corrected chi connectivity index (χ1v) is 8.46. The number of nitrogens with one attached hydrogen (secondary N) is 2. The molecule has 0 aliphatic heterocycles. The van der Waals surface area contributed by atoms with E-state index in [0.717, 1.165) is 11.2 Å². The van der Waals surface area contributed by atoms with E-state index >= 15 is 0 Å². The Morgan fingerprint density at radius 3 is 2.56 bits per heavy atom. The number of ether oxygens (including phenoxy) is 1. The van der Waals surface area contributed by atoms with E-state index in [2.05, 4.69) is 20.6 Å². The number of carbonyl (C=O) groups is 1. The van der Waals surface area contributed by atoms with E-state index < -0.39 is 0 Å². The van der Waals surface area contributed by atoms with Gasteiger partial charge in [0.15, 0.2) is 0 Å². The first-order valence-electron chi connectivity index (χ1n) is 8.46. The monoisotopic (exact) mass is 370 g/mol. The fourth-order valence-electron chi connectivity index (χ4n) is 2.97. The molecule has 27 heavy (non-hydrogen) atoms. The summed E-state index contributed by atoms with van der Waals surface area (Å²) in [6, 6.07) is 2.94. The summed E-state index contributed by atoms with van der Waals surface area (Å²) in [5.74, 6) is 0.473. The predicted molar refractivity (Wildman–Crippen MR) is 102 cm³/mol. The van der Waals surface area contributed by atoms with Gasteiger partial charge in [-0.3, -0.25) is 19.1 Å². The number of amides is 2. The van der Waals surface area contributed by atoms with Gasteiger partial charge in [-0.25, -0.2) is 9.59 Å². The molecule has 0 bridgehead atoms. The zero-order valence-corrected chi connectivity index (χ0v) is 15.7. The molecule has 2 N–H and O–H groups in total. The van der Waals surface area contributed by atoms with Gasteiger partial charge in [0, 0.05) is 51.2 Å². The maximum Gasteiger partial charge on any atom is 0.328 e. The summed E-state index contributed by atoms with van der Waals surface area (Å²) >= 11 is 0. The quantitative estimate of drug-likeness (QED) is 0.707. The van der Waals surface area contributed by atoms with Crippen LogP contribution < -0.4 is 21.1 Å². The highest BCUT2D eigenvalue weighted by Crippen LogP contribution is 2.29. The second-order valence-corrected chi connectivity index (χ2v) is 6.34. The number of methoxy groups -OCH3 is 1. The fraction of sp³-hybridized carbons (Fsp3) is 0.333. The molecule has 9 nitrogen and oxygen atoms in total. The van der Waals surface area contributed by atoms with E-state index in [1.807, 2.05) is 6.92 Å². The minimum absolute atomic E-state index is 0.141. The van der Waals surface area contributed by atoms with Crippen LogP contribution in [0.4, 0.5) is 10.5 Å². The van der Waals surface area contributed by atoms with E-state index in [-0.39, 0.29) is 17.8 Å². The molecule has 0 unspecified atom stereocenters. The highest BCUT2D eigenvalue weighted by molar-refractivity contribution is 5.94. The second kappa shape index (κ2) is 7.48. The van der Waals surface area contributed by atoms with Gasteiger partial charge < -0.3 is 15.4 Å². The number of imidazole rings is 1. The molecule has 0 aliphatic rings. The lowest BCUT2D eigenvalue weighted by Gasteiger charge is -2.16. The number of aryl methyl sites for hydroxylation is 2. The molecular weight excluding hydrogens is 348 g/mol. The largest absolute Gasteiger partial charge is 0.494 e. The van der Waals surface area contributed by atoms with E-state index in [9.17, 15) is 9.59 Å². The van der Waals surface area contributed by atoms with Crippen molar-refractivity contribution in [2.45, 2.75) is 19.4 Å². The van der Waals surface area contributed by atoms with Crippen molar-refractivity contribution in [2.75, 3.05) is 12.4 Å². The maximum absolute atomic E-state index is 12.4. The number of hydrogen-bond donors (Lipinski definition) is 2. The van der Waals surface area contributed by atoms with Gasteiger partial charge in [0.05, 0.1) is 29.5 Å². The molecule has 9 heteroatoms. The summed E-state index contributed by atoms with van der Waals surface area (Å²) in [5, 5.41) is 5.65. The zero-order valence-electron chi connectivity index (χ0n) is 15.7. The standard InChI is InChI=1S/C18H22N6O3/c1-11(7-12-10-19-5-6-20-12)21-17(25)22-13-8-14-15(9-16(13)27-4)24(3)18(26)23(14)2/h5-6,8-11H,7H2,1-4H3,(H2,21,22,25)/t11-/m1/s1. The molecule has 3 aromatic rings. The SMILES string of the molecule is COc1cc2c(cc1NC(=O)N[C@H](C)Cc1cnccn1)n(C)c(=O)n2C. The molecule has 0 spiro atoms. The Morgan fingerprint density at radius 2 is 1.93 bits per heavy atom. The van der Waals surface area contributed by atoms with Crippen LogP contribution in [-0.2, 0) is 20.5 Å². The van der Waals surface area contributed by atoms with Crippen molar-refractivity contribution in [3.05, 3.63) is 46.9 Å². The lowest BCUT2D eigenvalue weighted by atomic mass is 10.2. The average Bonchev–Trinajstić information content (AvgIpc) is 2.85. The summed E-state index contributed by atoms with van der Waals surface area (Å²) in [4.78, 5) is 32.7. The van der Waals surface area contributed by atoms with Crippen molar-refractivity contribution in [1.29, 1.82) is 0 Å². The number of anilines is 1. The highest BCUT2D eigenvalue weighted by Gasteiger charge is 2.16. The Hall–Kier alpha value is -3.36. The topological polar surface area (TPSA) is 103 Å². The number of urea groups is 1. The Labute approximate surface area is 156 Å². The van der Waals surface area contributed by atoms with Crippen LogP contribution in [0.2, 0.25) is 0 Å². The van der Waals surface area contributed by atoms with Gasteiger partial charge in [-0.05, 0) is 13.0 Å². The molecule has 0 fully saturated rings. The minimum atomic E-state index is -0.370. The van der Waals surface area contributed by atoms with Crippen LogP contribution >= 0.6 is 0 Å².